The number of benzene rings is 1. The predicted molar refractivity (Wildman–Crippen MR) is 70.8 cm³/mol. The lowest BCUT2D eigenvalue weighted by atomic mass is 10.1. The molecule has 2 aromatic rings. The van der Waals surface area contributed by atoms with E-state index in [2.05, 4.69) is 60.9 Å². The summed E-state index contributed by atoms with van der Waals surface area (Å²) in [6.45, 7) is 5.27. The van der Waals surface area contributed by atoms with Crippen LogP contribution in [0.25, 0.3) is 0 Å². The third kappa shape index (κ3) is 2.94. The Morgan fingerprint density at radius 2 is 2.12 bits per heavy atom. The molecule has 1 nitrogen and oxygen atoms in total. The summed E-state index contributed by atoms with van der Waals surface area (Å²) in [6, 6.07) is 13.4. The molecule has 0 radical (unpaired) electrons. The first kappa shape index (κ1) is 11.4. The number of rotatable bonds is 4. The lowest BCUT2D eigenvalue weighted by molar-refractivity contribution is 0.583. The quantitative estimate of drug-likeness (QED) is 0.841. The van der Waals surface area contributed by atoms with Crippen molar-refractivity contribution in [3.05, 3.63) is 57.8 Å². The molecule has 0 fully saturated rings. The molecule has 1 aromatic heterocycles. The van der Waals surface area contributed by atoms with Crippen molar-refractivity contribution >= 4 is 11.3 Å². The SMILES string of the molecule is Cc1cccc(CN[C@H](C)c2cccs2)c1. The Labute approximate surface area is 101 Å². The zero-order chi connectivity index (χ0) is 11.4. The summed E-state index contributed by atoms with van der Waals surface area (Å²) in [7, 11) is 0. The van der Waals surface area contributed by atoms with Gasteiger partial charge in [-0.1, -0.05) is 35.9 Å². The van der Waals surface area contributed by atoms with Crippen molar-refractivity contribution in [2.45, 2.75) is 26.4 Å². The second-order valence-electron chi connectivity index (χ2n) is 4.11. The van der Waals surface area contributed by atoms with E-state index in [-0.39, 0.29) is 0 Å². The van der Waals surface area contributed by atoms with E-state index in [4.69, 9.17) is 0 Å². The van der Waals surface area contributed by atoms with Crippen LogP contribution in [0.15, 0.2) is 41.8 Å². The minimum absolute atomic E-state index is 0.431. The molecule has 0 bridgehead atoms. The normalized spacial score (nSPS) is 12.6. The van der Waals surface area contributed by atoms with Crippen LogP contribution >= 0.6 is 11.3 Å². The molecule has 0 aliphatic heterocycles. The molecule has 1 heterocycles. The largest absolute Gasteiger partial charge is 0.305 e. The molecule has 0 spiro atoms. The van der Waals surface area contributed by atoms with Gasteiger partial charge in [0.15, 0.2) is 0 Å². The monoisotopic (exact) mass is 231 g/mol. The Kier molecular flexibility index (Phi) is 3.75. The fourth-order valence-corrected chi connectivity index (χ4v) is 2.49. The lowest BCUT2D eigenvalue weighted by Crippen LogP contribution is -2.17. The number of nitrogens with one attached hydrogen (secondary N) is 1. The average Bonchev–Trinajstić information content (AvgIpc) is 2.79. The average molecular weight is 231 g/mol. The summed E-state index contributed by atoms with van der Waals surface area (Å²) in [5.41, 5.74) is 2.67. The van der Waals surface area contributed by atoms with Crippen LogP contribution in [0.4, 0.5) is 0 Å². The van der Waals surface area contributed by atoms with E-state index in [0.29, 0.717) is 6.04 Å². The number of thiophene rings is 1. The highest BCUT2D eigenvalue weighted by Crippen LogP contribution is 2.18. The van der Waals surface area contributed by atoms with Crippen LogP contribution < -0.4 is 5.32 Å². The molecule has 2 heteroatoms. The lowest BCUT2D eigenvalue weighted by Gasteiger charge is -2.12. The van der Waals surface area contributed by atoms with Crippen LogP contribution in [0.2, 0.25) is 0 Å². The first-order chi connectivity index (χ1) is 7.75. The molecule has 1 N–H and O–H groups in total. The molecule has 0 aliphatic carbocycles. The smallest absolute Gasteiger partial charge is 0.0388 e. The number of hydrogen-bond acceptors (Lipinski definition) is 2. The molecule has 0 aliphatic rings. The predicted octanol–water partition coefficient (Wildman–Crippen LogP) is 3.91. The van der Waals surface area contributed by atoms with E-state index < -0.39 is 0 Å². The highest BCUT2D eigenvalue weighted by Gasteiger charge is 2.04. The van der Waals surface area contributed by atoms with Gasteiger partial charge in [-0.15, -0.1) is 11.3 Å². The van der Waals surface area contributed by atoms with Crippen LogP contribution in [-0.2, 0) is 6.54 Å². The fourth-order valence-electron chi connectivity index (χ4n) is 1.73. The molecule has 1 aromatic carbocycles. The number of hydrogen-bond donors (Lipinski definition) is 1. The Bertz CT molecular complexity index is 434. The Hall–Kier alpha value is -1.12. The third-order valence-electron chi connectivity index (χ3n) is 2.66. The molecule has 0 amide bonds. The minimum Gasteiger partial charge on any atom is -0.305 e. The van der Waals surface area contributed by atoms with Gasteiger partial charge in [0.25, 0.3) is 0 Å². The second kappa shape index (κ2) is 5.28. The summed E-state index contributed by atoms with van der Waals surface area (Å²) in [5.74, 6) is 0. The minimum atomic E-state index is 0.431. The van der Waals surface area contributed by atoms with Crippen molar-refractivity contribution < 1.29 is 0 Å². The van der Waals surface area contributed by atoms with Gasteiger partial charge in [-0.3, -0.25) is 0 Å². The highest BCUT2D eigenvalue weighted by atomic mass is 32.1. The molecule has 0 unspecified atom stereocenters. The molecule has 0 saturated carbocycles. The van der Waals surface area contributed by atoms with Crippen molar-refractivity contribution in [2.24, 2.45) is 0 Å². The van der Waals surface area contributed by atoms with E-state index in [0.717, 1.165) is 6.54 Å². The van der Waals surface area contributed by atoms with Gasteiger partial charge in [0.1, 0.15) is 0 Å². The Morgan fingerprint density at radius 1 is 1.25 bits per heavy atom. The third-order valence-corrected chi connectivity index (χ3v) is 3.72. The van der Waals surface area contributed by atoms with Crippen molar-refractivity contribution in [1.29, 1.82) is 0 Å². The van der Waals surface area contributed by atoms with E-state index in [1.165, 1.54) is 16.0 Å². The Morgan fingerprint density at radius 3 is 2.81 bits per heavy atom. The summed E-state index contributed by atoms with van der Waals surface area (Å²) in [5, 5.41) is 5.66. The van der Waals surface area contributed by atoms with Gasteiger partial charge in [0.05, 0.1) is 0 Å². The maximum absolute atomic E-state index is 3.54. The fraction of sp³-hybridized carbons (Fsp3) is 0.286. The molecule has 0 saturated heterocycles. The Balaban J connectivity index is 1.92. The van der Waals surface area contributed by atoms with E-state index >= 15 is 0 Å². The van der Waals surface area contributed by atoms with Crippen LogP contribution in [0.5, 0.6) is 0 Å². The van der Waals surface area contributed by atoms with Crippen molar-refractivity contribution in [3.63, 3.8) is 0 Å². The van der Waals surface area contributed by atoms with Gasteiger partial charge < -0.3 is 5.32 Å². The topological polar surface area (TPSA) is 12.0 Å². The highest BCUT2D eigenvalue weighted by molar-refractivity contribution is 7.10. The van der Waals surface area contributed by atoms with Crippen LogP contribution in [0, 0.1) is 6.92 Å². The molecule has 1 atom stereocenters. The molecular formula is C14H17NS. The van der Waals surface area contributed by atoms with Gasteiger partial charge >= 0.3 is 0 Å². The summed E-state index contributed by atoms with van der Waals surface area (Å²) in [4.78, 5) is 1.40. The van der Waals surface area contributed by atoms with Gasteiger partial charge in [0.2, 0.25) is 0 Å². The van der Waals surface area contributed by atoms with E-state index in [1.54, 1.807) is 11.3 Å². The molecular weight excluding hydrogens is 214 g/mol. The zero-order valence-corrected chi connectivity index (χ0v) is 10.6. The van der Waals surface area contributed by atoms with Gasteiger partial charge in [-0.2, -0.15) is 0 Å². The van der Waals surface area contributed by atoms with Crippen molar-refractivity contribution in [1.82, 2.24) is 5.32 Å². The van der Waals surface area contributed by atoms with Crippen LogP contribution in [0.1, 0.15) is 29.0 Å². The van der Waals surface area contributed by atoms with Crippen molar-refractivity contribution in [2.75, 3.05) is 0 Å². The van der Waals surface area contributed by atoms with Gasteiger partial charge in [-0.05, 0) is 30.9 Å². The second-order valence-corrected chi connectivity index (χ2v) is 5.09. The van der Waals surface area contributed by atoms with E-state index in [1.807, 2.05) is 0 Å². The molecule has 2 rings (SSSR count). The summed E-state index contributed by atoms with van der Waals surface area (Å²) in [6.07, 6.45) is 0. The summed E-state index contributed by atoms with van der Waals surface area (Å²) < 4.78 is 0. The standard InChI is InChI=1S/C14H17NS/c1-11-5-3-6-13(9-11)10-15-12(2)14-7-4-8-16-14/h3-9,12,15H,10H2,1-2H3/t12-/m1/s1. The van der Waals surface area contributed by atoms with Crippen LogP contribution in [0.3, 0.4) is 0 Å². The maximum atomic E-state index is 3.54. The van der Waals surface area contributed by atoms with Gasteiger partial charge in [0, 0.05) is 17.5 Å². The zero-order valence-electron chi connectivity index (χ0n) is 9.73. The van der Waals surface area contributed by atoms with Gasteiger partial charge in [-0.25, -0.2) is 0 Å². The molecule has 84 valence electrons. The first-order valence-electron chi connectivity index (χ1n) is 5.58. The maximum Gasteiger partial charge on any atom is 0.0388 e. The van der Waals surface area contributed by atoms with Crippen molar-refractivity contribution in [3.8, 4) is 0 Å². The summed E-state index contributed by atoms with van der Waals surface area (Å²) >= 11 is 1.81. The van der Waals surface area contributed by atoms with Crippen LogP contribution in [-0.4, -0.2) is 0 Å². The molecule has 16 heavy (non-hydrogen) atoms. The van der Waals surface area contributed by atoms with E-state index in [9.17, 15) is 0 Å². The first-order valence-corrected chi connectivity index (χ1v) is 6.46. The number of aryl methyl sites for hydroxylation is 1.